The topological polar surface area (TPSA) is 98.9 Å². The van der Waals surface area contributed by atoms with Crippen LogP contribution in [0.3, 0.4) is 0 Å². The van der Waals surface area contributed by atoms with Gasteiger partial charge in [-0.2, -0.15) is 5.10 Å². The molecule has 0 unspecified atom stereocenters. The summed E-state index contributed by atoms with van der Waals surface area (Å²) in [6.45, 7) is 4.12. The lowest BCUT2D eigenvalue weighted by molar-refractivity contribution is 0.191. The molecule has 8 nitrogen and oxygen atoms in total. The summed E-state index contributed by atoms with van der Waals surface area (Å²) in [5, 5.41) is 5.87. The molecule has 0 atom stereocenters. The van der Waals surface area contributed by atoms with Crippen molar-refractivity contribution in [2.45, 2.75) is 51.6 Å². The first-order valence-electron chi connectivity index (χ1n) is 12.5. The summed E-state index contributed by atoms with van der Waals surface area (Å²) in [5.74, 6) is 1.07. The molecule has 36 heavy (non-hydrogen) atoms. The molecule has 5 aromatic rings. The van der Waals surface area contributed by atoms with E-state index in [-0.39, 0.29) is 0 Å². The monoisotopic (exact) mass is 481 g/mol. The van der Waals surface area contributed by atoms with E-state index in [0.717, 1.165) is 70.2 Å². The molecule has 3 heterocycles. The Kier molecular flexibility index (Phi) is 5.48. The van der Waals surface area contributed by atoms with Crippen molar-refractivity contribution in [1.29, 1.82) is 0 Å². The third kappa shape index (κ3) is 3.82. The van der Waals surface area contributed by atoms with E-state index in [0.29, 0.717) is 23.8 Å². The van der Waals surface area contributed by atoms with Crippen molar-refractivity contribution in [3.05, 3.63) is 53.9 Å². The number of fused-ring (bicyclic) bond motifs is 2. The molecular weight excluding hydrogens is 450 g/mol. The molecule has 1 aliphatic rings. The fraction of sp³-hybridized carbons (Fsp3) is 0.357. The highest BCUT2D eigenvalue weighted by Gasteiger charge is 2.27. The zero-order chi connectivity index (χ0) is 25.0. The molecule has 184 valence electrons. The molecule has 0 radical (unpaired) electrons. The highest BCUT2D eigenvalue weighted by molar-refractivity contribution is 5.98. The van der Waals surface area contributed by atoms with Gasteiger partial charge in [0.05, 0.1) is 11.4 Å². The first-order valence-corrected chi connectivity index (χ1v) is 12.5. The van der Waals surface area contributed by atoms with Crippen LogP contribution in [0.25, 0.3) is 44.8 Å². The number of nitrogen functional groups attached to an aromatic ring is 1. The van der Waals surface area contributed by atoms with Crippen LogP contribution in [0.2, 0.25) is 0 Å². The molecule has 0 amide bonds. The van der Waals surface area contributed by atoms with Gasteiger partial charge in [-0.3, -0.25) is 0 Å². The van der Waals surface area contributed by atoms with Crippen molar-refractivity contribution in [2.24, 2.45) is 0 Å². The van der Waals surface area contributed by atoms with Gasteiger partial charge in [-0.15, -0.1) is 0 Å². The molecule has 1 aliphatic carbocycles. The van der Waals surface area contributed by atoms with Gasteiger partial charge in [0.15, 0.2) is 11.2 Å². The molecule has 3 aromatic heterocycles. The lowest BCUT2D eigenvalue weighted by Crippen LogP contribution is -2.33. The molecular formula is C28H31N7O. The third-order valence-corrected chi connectivity index (χ3v) is 7.49. The van der Waals surface area contributed by atoms with Gasteiger partial charge < -0.3 is 15.1 Å². The molecule has 2 aromatic carbocycles. The minimum absolute atomic E-state index is 0.303. The highest BCUT2D eigenvalue weighted by atomic mass is 16.3. The number of rotatable bonds is 4. The molecule has 0 bridgehead atoms. The smallest absolute Gasteiger partial charge is 0.227 e. The SMILES string of the molecule is Cc1cc(C)c2oc(-c3ccc(-c4nn(C5CCC(N(C)C)CC5)c5ncnc(N)c45)cc3)nc2c1. The van der Waals surface area contributed by atoms with Crippen LogP contribution in [0.4, 0.5) is 5.82 Å². The molecule has 1 saturated carbocycles. The van der Waals surface area contributed by atoms with E-state index >= 15 is 0 Å². The van der Waals surface area contributed by atoms with E-state index in [1.54, 1.807) is 0 Å². The standard InChI is InChI=1S/C28H31N7O/c1-16-13-17(2)25-22(14-16)32-28(36-25)19-7-5-18(6-8-19)24-23-26(29)30-15-31-27(23)35(33-24)21-11-9-20(10-12-21)34(3)4/h5-8,13-15,20-21H,9-12H2,1-4H3,(H2,29,30,31). The van der Waals surface area contributed by atoms with Gasteiger partial charge in [0.25, 0.3) is 0 Å². The Balaban J connectivity index is 1.36. The van der Waals surface area contributed by atoms with Gasteiger partial charge in [-0.1, -0.05) is 18.2 Å². The Morgan fingerprint density at radius 1 is 0.972 bits per heavy atom. The first kappa shape index (κ1) is 22.7. The first-order chi connectivity index (χ1) is 17.4. The van der Waals surface area contributed by atoms with Crippen LogP contribution in [0.15, 0.2) is 47.1 Å². The van der Waals surface area contributed by atoms with Crippen molar-refractivity contribution in [3.8, 4) is 22.7 Å². The van der Waals surface area contributed by atoms with Crippen LogP contribution in [-0.4, -0.2) is 49.8 Å². The third-order valence-electron chi connectivity index (χ3n) is 7.49. The number of aryl methyl sites for hydroxylation is 2. The molecule has 6 rings (SSSR count). The van der Waals surface area contributed by atoms with Crippen molar-refractivity contribution in [2.75, 3.05) is 19.8 Å². The van der Waals surface area contributed by atoms with E-state index in [2.05, 4.69) is 52.7 Å². The van der Waals surface area contributed by atoms with E-state index in [4.69, 9.17) is 20.2 Å². The van der Waals surface area contributed by atoms with Gasteiger partial charge in [-0.25, -0.2) is 19.6 Å². The van der Waals surface area contributed by atoms with Crippen molar-refractivity contribution in [1.82, 2.24) is 29.6 Å². The van der Waals surface area contributed by atoms with Crippen LogP contribution in [0.1, 0.15) is 42.9 Å². The van der Waals surface area contributed by atoms with Gasteiger partial charge in [0.1, 0.15) is 23.4 Å². The predicted octanol–water partition coefficient (Wildman–Crippen LogP) is 5.55. The Morgan fingerprint density at radius 3 is 2.42 bits per heavy atom. The lowest BCUT2D eigenvalue weighted by Gasteiger charge is -2.32. The number of oxazole rings is 1. The number of nitrogens with two attached hydrogens (primary N) is 1. The summed E-state index contributed by atoms with van der Waals surface area (Å²) < 4.78 is 8.19. The van der Waals surface area contributed by atoms with Crippen molar-refractivity contribution < 1.29 is 4.42 Å². The van der Waals surface area contributed by atoms with Gasteiger partial charge in [0, 0.05) is 17.2 Å². The normalized spacial score (nSPS) is 18.5. The van der Waals surface area contributed by atoms with Crippen LogP contribution in [-0.2, 0) is 0 Å². The number of aromatic nitrogens is 5. The number of hydrogen-bond donors (Lipinski definition) is 1. The Morgan fingerprint density at radius 2 is 1.69 bits per heavy atom. The van der Waals surface area contributed by atoms with Crippen LogP contribution >= 0.6 is 0 Å². The lowest BCUT2D eigenvalue weighted by atomic mass is 9.90. The summed E-state index contributed by atoms with van der Waals surface area (Å²) in [6.07, 6.45) is 5.96. The number of nitrogens with zero attached hydrogens (tertiary/aromatic N) is 6. The number of benzene rings is 2. The van der Waals surface area contributed by atoms with Crippen LogP contribution in [0, 0.1) is 13.8 Å². The molecule has 0 aliphatic heterocycles. The average molecular weight is 482 g/mol. The van der Waals surface area contributed by atoms with Crippen molar-refractivity contribution in [3.63, 3.8) is 0 Å². The molecule has 0 saturated heterocycles. The van der Waals surface area contributed by atoms with E-state index in [9.17, 15) is 0 Å². The van der Waals surface area contributed by atoms with Gasteiger partial charge in [-0.05, 0) is 83.0 Å². The highest BCUT2D eigenvalue weighted by Crippen LogP contribution is 2.37. The summed E-state index contributed by atoms with van der Waals surface area (Å²) >= 11 is 0. The second kappa shape index (κ2) is 8.71. The van der Waals surface area contributed by atoms with Gasteiger partial charge in [0.2, 0.25) is 5.89 Å². The minimum Gasteiger partial charge on any atom is -0.436 e. The molecule has 0 spiro atoms. The number of anilines is 1. The second-order valence-corrected chi connectivity index (χ2v) is 10.2. The Hall–Kier alpha value is -3.78. The Bertz CT molecular complexity index is 1560. The summed E-state index contributed by atoms with van der Waals surface area (Å²) in [5.41, 5.74) is 13.8. The maximum Gasteiger partial charge on any atom is 0.227 e. The zero-order valence-corrected chi connectivity index (χ0v) is 21.2. The zero-order valence-electron chi connectivity index (χ0n) is 21.2. The maximum atomic E-state index is 6.35. The van der Waals surface area contributed by atoms with Crippen LogP contribution < -0.4 is 5.73 Å². The fourth-order valence-electron chi connectivity index (χ4n) is 5.54. The van der Waals surface area contributed by atoms with Crippen LogP contribution in [0.5, 0.6) is 0 Å². The summed E-state index contributed by atoms with van der Waals surface area (Å²) in [7, 11) is 4.32. The van der Waals surface area contributed by atoms with Crippen molar-refractivity contribution >= 4 is 28.0 Å². The minimum atomic E-state index is 0.303. The maximum absolute atomic E-state index is 6.35. The molecule has 1 fully saturated rings. The predicted molar refractivity (Wildman–Crippen MR) is 143 cm³/mol. The molecule has 8 heteroatoms. The number of hydrogen-bond acceptors (Lipinski definition) is 7. The van der Waals surface area contributed by atoms with E-state index < -0.39 is 0 Å². The average Bonchev–Trinajstić information content (AvgIpc) is 3.47. The summed E-state index contributed by atoms with van der Waals surface area (Å²) in [6, 6.07) is 13.2. The quantitative estimate of drug-likeness (QED) is 0.359. The second-order valence-electron chi connectivity index (χ2n) is 10.2. The van der Waals surface area contributed by atoms with E-state index in [1.165, 1.54) is 11.9 Å². The van der Waals surface area contributed by atoms with E-state index in [1.807, 2.05) is 31.2 Å². The largest absolute Gasteiger partial charge is 0.436 e. The van der Waals surface area contributed by atoms with Gasteiger partial charge >= 0.3 is 0 Å². The fourth-order valence-corrected chi connectivity index (χ4v) is 5.54. The summed E-state index contributed by atoms with van der Waals surface area (Å²) in [4.78, 5) is 15.9. The Labute approximate surface area is 210 Å². The molecule has 2 N–H and O–H groups in total.